The molecule has 23 heavy (non-hydrogen) atoms. The van der Waals surface area contributed by atoms with Gasteiger partial charge in [-0.3, -0.25) is 9.59 Å². The Kier molecular flexibility index (Phi) is 4.84. The second kappa shape index (κ2) is 7.02. The average Bonchev–Trinajstić information content (AvgIpc) is 2.54. The number of fused-ring (bicyclic) bond motifs is 1. The number of nitrogens with zero attached hydrogens (tertiary/aromatic N) is 1. The van der Waals surface area contributed by atoms with Crippen molar-refractivity contribution in [2.45, 2.75) is 45.1 Å². The van der Waals surface area contributed by atoms with E-state index in [0.717, 1.165) is 18.5 Å². The molecule has 0 spiro atoms. The number of para-hydroxylation sites is 2. The van der Waals surface area contributed by atoms with Gasteiger partial charge in [-0.05, 0) is 30.9 Å². The molecular weight excluding hydrogens is 292 g/mol. The number of amides is 2. The fraction of sp³-hybridized carbons (Fsp3) is 0.556. The van der Waals surface area contributed by atoms with E-state index in [4.69, 9.17) is 4.74 Å². The van der Waals surface area contributed by atoms with E-state index in [1.54, 1.807) is 4.90 Å². The molecule has 2 unspecified atom stereocenters. The van der Waals surface area contributed by atoms with Crippen molar-refractivity contribution < 1.29 is 14.3 Å². The van der Waals surface area contributed by atoms with Crippen molar-refractivity contribution in [2.24, 2.45) is 5.92 Å². The lowest BCUT2D eigenvalue weighted by Gasteiger charge is -2.30. The molecular formula is C18H24N2O3. The third kappa shape index (κ3) is 3.84. The monoisotopic (exact) mass is 316 g/mol. The molecule has 1 aliphatic heterocycles. The molecule has 2 amide bonds. The largest absolute Gasteiger partial charge is 0.482 e. The fourth-order valence-electron chi connectivity index (χ4n) is 3.48. The van der Waals surface area contributed by atoms with Crippen LogP contribution in [0.5, 0.6) is 5.75 Å². The molecule has 1 N–H and O–H groups in total. The summed E-state index contributed by atoms with van der Waals surface area (Å²) in [5, 5.41) is 3.12. The van der Waals surface area contributed by atoms with Crippen LogP contribution in [-0.4, -0.2) is 31.0 Å². The summed E-state index contributed by atoms with van der Waals surface area (Å²) in [7, 11) is 0. The molecule has 1 aromatic rings. The number of rotatable bonds is 4. The number of hydrogen-bond donors (Lipinski definition) is 1. The van der Waals surface area contributed by atoms with Crippen molar-refractivity contribution in [3.05, 3.63) is 24.3 Å². The van der Waals surface area contributed by atoms with Gasteiger partial charge in [-0.25, -0.2) is 0 Å². The number of nitrogens with one attached hydrogen (secondary N) is 1. The first-order valence-electron chi connectivity index (χ1n) is 8.45. The smallest absolute Gasteiger partial charge is 0.265 e. The third-order valence-electron chi connectivity index (χ3n) is 4.67. The van der Waals surface area contributed by atoms with Crippen LogP contribution in [0.1, 0.15) is 39.0 Å². The molecule has 0 radical (unpaired) electrons. The van der Waals surface area contributed by atoms with Crippen LogP contribution in [0.4, 0.5) is 5.69 Å². The van der Waals surface area contributed by atoms with Gasteiger partial charge in [0, 0.05) is 19.0 Å². The molecule has 1 aliphatic carbocycles. The van der Waals surface area contributed by atoms with E-state index in [2.05, 4.69) is 12.2 Å². The summed E-state index contributed by atoms with van der Waals surface area (Å²) in [6.07, 6.45) is 4.89. The molecule has 2 aliphatic rings. The molecule has 5 nitrogen and oxygen atoms in total. The maximum Gasteiger partial charge on any atom is 0.265 e. The van der Waals surface area contributed by atoms with Crippen molar-refractivity contribution in [1.82, 2.24) is 5.32 Å². The summed E-state index contributed by atoms with van der Waals surface area (Å²) < 4.78 is 5.41. The first-order valence-corrected chi connectivity index (χ1v) is 8.45. The zero-order valence-corrected chi connectivity index (χ0v) is 13.6. The molecule has 1 heterocycles. The lowest BCUT2D eigenvalue weighted by atomic mass is 9.87. The van der Waals surface area contributed by atoms with Crippen molar-refractivity contribution in [3.8, 4) is 5.75 Å². The molecule has 2 atom stereocenters. The van der Waals surface area contributed by atoms with Crippen LogP contribution in [-0.2, 0) is 9.59 Å². The Morgan fingerprint density at radius 1 is 1.35 bits per heavy atom. The second-order valence-corrected chi connectivity index (χ2v) is 6.59. The van der Waals surface area contributed by atoms with Crippen molar-refractivity contribution in [3.63, 3.8) is 0 Å². The summed E-state index contributed by atoms with van der Waals surface area (Å²) in [4.78, 5) is 25.9. The van der Waals surface area contributed by atoms with Gasteiger partial charge in [0.15, 0.2) is 6.61 Å². The van der Waals surface area contributed by atoms with Crippen LogP contribution in [0.2, 0.25) is 0 Å². The first-order chi connectivity index (χ1) is 11.1. The number of carbonyl (C=O) groups excluding carboxylic acids is 2. The highest BCUT2D eigenvalue weighted by Gasteiger charge is 2.26. The van der Waals surface area contributed by atoms with E-state index in [0.29, 0.717) is 30.7 Å². The van der Waals surface area contributed by atoms with Gasteiger partial charge in [0.2, 0.25) is 5.91 Å². The molecule has 1 saturated carbocycles. The van der Waals surface area contributed by atoms with Gasteiger partial charge in [0.05, 0.1) is 5.69 Å². The minimum Gasteiger partial charge on any atom is -0.482 e. The van der Waals surface area contributed by atoms with Gasteiger partial charge in [-0.15, -0.1) is 0 Å². The molecule has 5 heteroatoms. The first kappa shape index (κ1) is 15.8. The van der Waals surface area contributed by atoms with E-state index < -0.39 is 0 Å². The molecule has 1 fully saturated rings. The molecule has 1 aromatic carbocycles. The van der Waals surface area contributed by atoms with Crippen molar-refractivity contribution >= 4 is 17.5 Å². The Hall–Kier alpha value is -2.04. The van der Waals surface area contributed by atoms with Crippen LogP contribution in [0.15, 0.2) is 24.3 Å². The van der Waals surface area contributed by atoms with Gasteiger partial charge in [0.1, 0.15) is 5.75 Å². The maximum atomic E-state index is 12.2. The van der Waals surface area contributed by atoms with Crippen LogP contribution in [0, 0.1) is 5.92 Å². The molecule has 0 saturated heterocycles. The Morgan fingerprint density at radius 3 is 3.00 bits per heavy atom. The van der Waals surface area contributed by atoms with Crippen molar-refractivity contribution in [2.75, 3.05) is 18.1 Å². The Labute approximate surface area is 137 Å². The van der Waals surface area contributed by atoms with Crippen LogP contribution < -0.4 is 15.0 Å². The second-order valence-electron chi connectivity index (χ2n) is 6.59. The zero-order chi connectivity index (χ0) is 16.2. The van der Waals surface area contributed by atoms with E-state index in [1.165, 1.54) is 12.8 Å². The van der Waals surface area contributed by atoms with Crippen LogP contribution in [0.25, 0.3) is 0 Å². The average molecular weight is 316 g/mol. The maximum absolute atomic E-state index is 12.2. The summed E-state index contributed by atoms with van der Waals surface area (Å²) in [6, 6.07) is 7.74. The highest BCUT2D eigenvalue weighted by molar-refractivity contribution is 5.98. The van der Waals surface area contributed by atoms with E-state index >= 15 is 0 Å². The number of carbonyl (C=O) groups is 2. The number of ether oxygens (including phenoxy) is 1. The zero-order valence-electron chi connectivity index (χ0n) is 13.6. The standard InChI is InChI=1S/C18H24N2O3/c1-13-5-4-6-14(11-13)19-17(21)9-10-20-15-7-2-3-8-16(15)23-12-18(20)22/h2-3,7-8,13-14H,4-6,9-12H2,1H3,(H,19,21). The fourth-order valence-corrected chi connectivity index (χ4v) is 3.48. The summed E-state index contributed by atoms with van der Waals surface area (Å²) in [5.41, 5.74) is 0.753. The SMILES string of the molecule is CC1CCCC(NC(=O)CCN2C(=O)COc3ccccc32)C1. The highest BCUT2D eigenvalue weighted by atomic mass is 16.5. The van der Waals surface area contributed by atoms with Gasteiger partial charge < -0.3 is 15.0 Å². The lowest BCUT2D eigenvalue weighted by Crippen LogP contribution is -2.43. The van der Waals surface area contributed by atoms with Gasteiger partial charge >= 0.3 is 0 Å². The minimum atomic E-state index is -0.0946. The molecule has 0 bridgehead atoms. The number of benzene rings is 1. The van der Waals surface area contributed by atoms with E-state index in [-0.39, 0.29) is 18.4 Å². The van der Waals surface area contributed by atoms with E-state index in [9.17, 15) is 9.59 Å². The van der Waals surface area contributed by atoms with Crippen LogP contribution >= 0.6 is 0 Å². The van der Waals surface area contributed by atoms with Gasteiger partial charge in [-0.2, -0.15) is 0 Å². The molecule has 124 valence electrons. The molecule has 0 aromatic heterocycles. The van der Waals surface area contributed by atoms with Crippen molar-refractivity contribution in [1.29, 1.82) is 0 Å². The van der Waals surface area contributed by atoms with Gasteiger partial charge in [-0.1, -0.05) is 31.9 Å². The van der Waals surface area contributed by atoms with Crippen LogP contribution in [0.3, 0.4) is 0 Å². The third-order valence-corrected chi connectivity index (χ3v) is 4.67. The summed E-state index contributed by atoms with van der Waals surface area (Å²) in [5.74, 6) is 1.32. The Morgan fingerprint density at radius 2 is 2.17 bits per heavy atom. The highest BCUT2D eigenvalue weighted by Crippen LogP contribution is 2.31. The van der Waals surface area contributed by atoms with E-state index in [1.807, 2.05) is 24.3 Å². The lowest BCUT2D eigenvalue weighted by molar-refractivity contribution is -0.122. The van der Waals surface area contributed by atoms with Gasteiger partial charge in [0.25, 0.3) is 5.91 Å². The number of anilines is 1. The Balaban J connectivity index is 1.55. The summed E-state index contributed by atoms with van der Waals surface area (Å²) >= 11 is 0. The topological polar surface area (TPSA) is 58.6 Å². The Bertz CT molecular complexity index is 587. The normalized spacial score (nSPS) is 23.9. The number of hydrogen-bond acceptors (Lipinski definition) is 3. The summed E-state index contributed by atoms with van der Waals surface area (Å²) in [6.45, 7) is 2.67. The minimum absolute atomic E-state index is 0.0286. The predicted molar refractivity (Wildman–Crippen MR) is 88.5 cm³/mol. The quantitative estimate of drug-likeness (QED) is 0.928. The molecule has 3 rings (SSSR count). The predicted octanol–water partition coefficient (Wildman–Crippen LogP) is 2.50.